The molecule has 0 amide bonds. The molecular weight excluding hydrogens is 308 g/mol. The minimum atomic E-state index is -4.37. The number of aliphatic hydroxyl groups excluding tert-OH is 1. The van der Waals surface area contributed by atoms with E-state index in [1.807, 2.05) is 0 Å². The summed E-state index contributed by atoms with van der Waals surface area (Å²) in [4.78, 5) is 0. The van der Waals surface area contributed by atoms with Crippen LogP contribution in [-0.2, 0) is 11.3 Å². The Bertz CT molecular complexity index is 424. The molecule has 1 N–H and O–H groups in total. The van der Waals surface area contributed by atoms with Gasteiger partial charge < -0.3 is 14.6 Å². The first-order valence-corrected chi connectivity index (χ1v) is 5.95. The zero-order valence-electron chi connectivity index (χ0n) is 9.64. The maximum absolute atomic E-state index is 11.8. The van der Waals surface area contributed by atoms with Crippen molar-refractivity contribution in [3.63, 3.8) is 0 Å². The molecule has 0 aliphatic carbocycles. The van der Waals surface area contributed by atoms with Crippen molar-refractivity contribution < 1.29 is 27.8 Å². The fourth-order valence-electron chi connectivity index (χ4n) is 1.28. The van der Waals surface area contributed by atoms with E-state index in [4.69, 9.17) is 33.0 Å². The zero-order chi connectivity index (χ0) is 14.5. The number of rotatable bonds is 6. The van der Waals surface area contributed by atoms with E-state index in [1.54, 1.807) is 0 Å². The van der Waals surface area contributed by atoms with Crippen LogP contribution < -0.4 is 4.74 Å². The van der Waals surface area contributed by atoms with Crippen molar-refractivity contribution in [2.24, 2.45) is 0 Å². The third kappa shape index (κ3) is 5.86. The van der Waals surface area contributed by atoms with E-state index < -0.39 is 12.8 Å². The third-order valence-electron chi connectivity index (χ3n) is 2.00. The summed E-state index contributed by atoms with van der Waals surface area (Å²) in [7, 11) is 0. The first-order chi connectivity index (χ1) is 8.83. The Morgan fingerprint density at radius 3 is 2.42 bits per heavy atom. The van der Waals surface area contributed by atoms with Gasteiger partial charge in [-0.25, -0.2) is 0 Å². The molecule has 0 unspecified atom stereocenters. The van der Waals surface area contributed by atoms with E-state index in [2.05, 4.69) is 4.74 Å². The molecule has 0 radical (unpaired) electrons. The molecular formula is C11H11Cl2F3O3. The summed E-state index contributed by atoms with van der Waals surface area (Å²) < 4.78 is 45.0. The lowest BCUT2D eigenvalue weighted by molar-refractivity contribution is -0.175. The first kappa shape index (κ1) is 16.4. The van der Waals surface area contributed by atoms with E-state index in [-0.39, 0.29) is 30.6 Å². The van der Waals surface area contributed by atoms with Gasteiger partial charge in [0.2, 0.25) is 0 Å². The van der Waals surface area contributed by atoms with E-state index in [0.29, 0.717) is 10.6 Å². The first-order valence-electron chi connectivity index (χ1n) is 5.19. The lowest BCUT2D eigenvalue weighted by atomic mass is 10.2. The van der Waals surface area contributed by atoms with Crippen molar-refractivity contribution in [3.05, 3.63) is 27.7 Å². The van der Waals surface area contributed by atoms with Gasteiger partial charge in [-0.15, -0.1) is 0 Å². The van der Waals surface area contributed by atoms with Gasteiger partial charge in [0.05, 0.1) is 18.2 Å². The Kier molecular flexibility index (Phi) is 6.19. The smallest absolute Gasteiger partial charge is 0.411 e. The topological polar surface area (TPSA) is 38.7 Å². The molecule has 0 aliphatic rings. The van der Waals surface area contributed by atoms with Gasteiger partial charge in [0.15, 0.2) is 0 Å². The van der Waals surface area contributed by atoms with E-state index in [1.165, 1.54) is 12.1 Å². The highest BCUT2D eigenvalue weighted by atomic mass is 35.5. The Morgan fingerprint density at radius 2 is 1.84 bits per heavy atom. The molecule has 0 spiro atoms. The number of aliphatic hydroxyl groups is 1. The summed E-state index contributed by atoms with van der Waals surface area (Å²) in [5, 5.41) is 9.60. The molecule has 0 aliphatic heterocycles. The quantitative estimate of drug-likeness (QED) is 0.816. The van der Waals surface area contributed by atoms with Crippen LogP contribution in [0.3, 0.4) is 0 Å². The molecule has 0 saturated heterocycles. The molecule has 1 aromatic rings. The van der Waals surface area contributed by atoms with Crippen molar-refractivity contribution >= 4 is 23.2 Å². The number of halogens is 5. The van der Waals surface area contributed by atoms with Crippen LogP contribution in [0.25, 0.3) is 0 Å². The van der Waals surface area contributed by atoms with Gasteiger partial charge >= 0.3 is 6.18 Å². The summed E-state index contributed by atoms with van der Waals surface area (Å²) in [5.41, 5.74) is 0.355. The molecule has 0 atom stereocenters. The predicted molar refractivity (Wildman–Crippen MR) is 64.8 cm³/mol. The number of hydrogen-bond donors (Lipinski definition) is 1. The minimum Gasteiger partial charge on any atom is -0.489 e. The monoisotopic (exact) mass is 318 g/mol. The van der Waals surface area contributed by atoms with Crippen molar-refractivity contribution in [3.8, 4) is 5.75 Å². The Balaban J connectivity index is 2.49. The lowest BCUT2D eigenvalue weighted by Crippen LogP contribution is -2.19. The van der Waals surface area contributed by atoms with Crippen LogP contribution >= 0.6 is 23.2 Å². The van der Waals surface area contributed by atoms with Crippen molar-refractivity contribution in [1.29, 1.82) is 0 Å². The van der Waals surface area contributed by atoms with Gasteiger partial charge in [-0.1, -0.05) is 23.2 Å². The molecule has 0 saturated carbocycles. The lowest BCUT2D eigenvalue weighted by Gasteiger charge is -2.13. The van der Waals surface area contributed by atoms with Crippen molar-refractivity contribution in [2.75, 3.05) is 19.8 Å². The molecule has 0 bridgehead atoms. The molecule has 19 heavy (non-hydrogen) atoms. The van der Waals surface area contributed by atoms with E-state index in [0.717, 1.165) is 0 Å². The van der Waals surface area contributed by atoms with Gasteiger partial charge in [0.25, 0.3) is 0 Å². The van der Waals surface area contributed by atoms with E-state index >= 15 is 0 Å². The van der Waals surface area contributed by atoms with Crippen LogP contribution in [0.4, 0.5) is 13.2 Å². The van der Waals surface area contributed by atoms with Crippen molar-refractivity contribution in [2.45, 2.75) is 12.8 Å². The molecule has 0 aromatic heterocycles. The fraction of sp³-hybridized carbons (Fsp3) is 0.455. The van der Waals surface area contributed by atoms with Gasteiger partial charge in [0, 0.05) is 10.6 Å². The summed E-state index contributed by atoms with van der Waals surface area (Å²) in [6, 6.07) is 2.87. The highest BCUT2D eigenvalue weighted by molar-refractivity contribution is 6.35. The highest BCUT2D eigenvalue weighted by Gasteiger charge is 2.27. The SMILES string of the molecule is OCc1cc(Cl)cc(Cl)c1OCCOCC(F)(F)F. The van der Waals surface area contributed by atoms with Crippen LogP contribution in [0.5, 0.6) is 5.75 Å². The standard InChI is InChI=1S/C11H11Cl2F3O3/c12-8-3-7(5-17)10(9(13)4-8)19-2-1-18-6-11(14,15)16/h3-4,17H,1-2,5-6H2. The minimum absolute atomic E-state index is 0.121. The fourth-order valence-corrected chi connectivity index (χ4v) is 1.87. The maximum Gasteiger partial charge on any atom is 0.411 e. The van der Waals surface area contributed by atoms with Crippen LogP contribution in [0.1, 0.15) is 5.56 Å². The van der Waals surface area contributed by atoms with Gasteiger partial charge in [-0.2, -0.15) is 13.2 Å². The summed E-state index contributed by atoms with van der Waals surface area (Å²) in [6.45, 7) is -2.05. The summed E-state index contributed by atoms with van der Waals surface area (Å²) >= 11 is 11.6. The number of hydrogen-bond acceptors (Lipinski definition) is 3. The van der Waals surface area contributed by atoms with E-state index in [9.17, 15) is 13.2 Å². The Labute approximate surface area is 117 Å². The Morgan fingerprint density at radius 1 is 1.16 bits per heavy atom. The largest absolute Gasteiger partial charge is 0.489 e. The second-order valence-corrected chi connectivity index (χ2v) is 4.39. The van der Waals surface area contributed by atoms with Crippen LogP contribution in [0.2, 0.25) is 10.0 Å². The molecule has 0 heterocycles. The van der Waals surface area contributed by atoms with Gasteiger partial charge in [-0.3, -0.25) is 0 Å². The number of alkyl halides is 3. The number of benzene rings is 1. The molecule has 0 fully saturated rings. The van der Waals surface area contributed by atoms with Crippen molar-refractivity contribution in [1.82, 2.24) is 0 Å². The van der Waals surface area contributed by atoms with Gasteiger partial charge in [0.1, 0.15) is 19.0 Å². The van der Waals surface area contributed by atoms with Gasteiger partial charge in [-0.05, 0) is 12.1 Å². The highest BCUT2D eigenvalue weighted by Crippen LogP contribution is 2.32. The molecule has 1 aromatic carbocycles. The number of ether oxygens (including phenoxy) is 2. The maximum atomic E-state index is 11.8. The van der Waals surface area contributed by atoms with Crippen LogP contribution in [0.15, 0.2) is 12.1 Å². The summed E-state index contributed by atoms with van der Waals surface area (Å²) in [5.74, 6) is 0.184. The normalized spacial score (nSPS) is 11.7. The average molecular weight is 319 g/mol. The average Bonchev–Trinajstić information content (AvgIpc) is 2.29. The molecule has 108 valence electrons. The van der Waals surface area contributed by atoms with Crippen LogP contribution in [-0.4, -0.2) is 31.1 Å². The predicted octanol–water partition coefficient (Wildman–Crippen LogP) is 3.44. The zero-order valence-corrected chi connectivity index (χ0v) is 11.1. The third-order valence-corrected chi connectivity index (χ3v) is 2.49. The van der Waals surface area contributed by atoms with Crippen LogP contribution in [0, 0.1) is 0 Å². The Hall–Kier alpha value is -0.690. The molecule has 8 heteroatoms. The second-order valence-electron chi connectivity index (χ2n) is 3.55. The summed E-state index contributed by atoms with van der Waals surface area (Å²) in [6.07, 6.45) is -4.37. The second kappa shape index (κ2) is 7.19. The molecule has 3 nitrogen and oxygen atoms in total. The molecule has 1 rings (SSSR count).